The first-order valence-electron chi connectivity index (χ1n) is 10.5. The van der Waals surface area contributed by atoms with E-state index in [2.05, 4.69) is 34.3 Å². The average molecular weight is 405 g/mol. The Morgan fingerprint density at radius 1 is 1.10 bits per heavy atom. The van der Waals surface area contributed by atoms with Crippen LogP contribution in [0.15, 0.2) is 67.0 Å². The molecule has 1 unspecified atom stereocenters. The zero-order valence-corrected chi connectivity index (χ0v) is 17.2. The van der Waals surface area contributed by atoms with Crippen LogP contribution in [0.4, 0.5) is 5.69 Å². The van der Waals surface area contributed by atoms with Crippen LogP contribution >= 0.6 is 0 Å². The van der Waals surface area contributed by atoms with E-state index in [9.17, 15) is 4.79 Å². The van der Waals surface area contributed by atoms with Gasteiger partial charge in [0.1, 0.15) is 12.4 Å². The minimum absolute atomic E-state index is 0.118. The van der Waals surface area contributed by atoms with Gasteiger partial charge >= 0.3 is 5.97 Å². The van der Waals surface area contributed by atoms with Gasteiger partial charge in [0.2, 0.25) is 0 Å². The van der Waals surface area contributed by atoms with Crippen LogP contribution in [0.5, 0.6) is 5.75 Å². The molecule has 1 aliphatic heterocycles. The van der Waals surface area contributed by atoms with Crippen molar-refractivity contribution >= 4 is 11.7 Å². The van der Waals surface area contributed by atoms with Crippen molar-refractivity contribution in [2.24, 2.45) is 0 Å². The zero-order chi connectivity index (χ0) is 20.8. The molecule has 0 N–H and O–H groups in total. The number of ether oxygens (including phenoxy) is 2. The summed E-state index contributed by atoms with van der Waals surface area (Å²) in [5.74, 6) is 0.712. The standard InChI is InChI=1S/C24H27N3O3/c1-2-29-24(28)17-22-5-3-15-26(22)20-10-12-23(13-11-20)30-18-19-6-8-21(9-7-19)27-16-4-14-25-27/h4,6-14,16,22H,2-3,5,15,17-18H2,1H3. The molecule has 0 saturated carbocycles. The Morgan fingerprint density at radius 3 is 2.57 bits per heavy atom. The van der Waals surface area contributed by atoms with Crippen molar-refractivity contribution in [1.29, 1.82) is 0 Å². The van der Waals surface area contributed by atoms with Crippen molar-refractivity contribution < 1.29 is 14.3 Å². The summed E-state index contributed by atoms with van der Waals surface area (Å²) >= 11 is 0. The van der Waals surface area contributed by atoms with E-state index in [1.165, 1.54) is 0 Å². The summed E-state index contributed by atoms with van der Waals surface area (Å²) in [6, 6.07) is 18.4. The van der Waals surface area contributed by atoms with Crippen molar-refractivity contribution in [3.05, 3.63) is 72.6 Å². The normalized spacial score (nSPS) is 15.9. The van der Waals surface area contributed by atoms with Crippen LogP contribution in [0.1, 0.15) is 31.7 Å². The second-order valence-electron chi connectivity index (χ2n) is 7.40. The van der Waals surface area contributed by atoms with Gasteiger partial charge in [-0.2, -0.15) is 5.10 Å². The number of anilines is 1. The Bertz CT molecular complexity index is 937. The van der Waals surface area contributed by atoms with Gasteiger partial charge in [-0.25, -0.2) is 4.68 Å². The number of aromatic nitrogens is 2. The Hall–Kier alpha value is -3.28. The fourth-order valence-corrected chi connectivity index (χ4v) is 3.87. The summed E-state index contributed by atoms with van der Waals surface area (Å²) in [5.41, 5.74) is 3.25. The SMILES string of the molecule is CCOC(=O)CC1CCCN1c1ccc(OCc2ccc(-n3cccn3)cc2)cc1. The van der Waals surface area contributed by atoms with Gasteiger partial charge in [0.15, 0.2) is 0 Å². The molecule has 0 spiro atoms. The highest BCUT2D eigenvalue weighted by atomic mass is 16.5. The third kappa shape index (κ3) is 4.82. The Labute approximate surface area is 177 Å². The highest BCUT2D eigenvalue weighted by molar-refractivity contribution is 5.71. The summed E-state index contributed by atoms with van der Waals surface area (Å²) < 4.78 is 12.9. The maximum absolute atomic E-state index is 11.9. The van der Waals surface area contributed by atoms with Crippen LogP contribution in [-0.2, 0) is 16.1 Å². The summed E-state index contributed by atoms with van der Waals surface area (Å²) in [4.78, 5) is 14.2. The molecule has 0 aliphatic carbocycles. The van der Waals surface area contributed by atoms with Gasteiger partial charge in [0.05, 0.1) is 18.7 Å². The van der Waals surface area contributed by atoms with Crippen molar-refractivity contribution in [2.45, 2.75) is 38.8 Å². The number of benzene rings is 2. The molecular formula is C24H27N3O3. The molecule has 1 saturated heterocycles. The quantitative estimate of drug-likeness (QED) is 0.521. The van der Waals surface area contributed by atoms with Gasteiger partial charge in [-0.3, -0.25) is 4.79 Å². The lowest BCUT2D eigenvalue weighted by Gasteiger charge is -2.26. The Morgan fingerprint density at radius 2 is 1.87 bits per heavy atom. The van der Waals surface area contributed by atoms with Crippen LogP contribution in [0, 0.1) is 0 Å². The van der Waals surface area contributed by atoms with Gasteiger partial charge in [0.25, 0.3) is 0 Å². The zero-order valence-electron chi connectivity index (χ0n) is 17.2. The van der Waals surface area contributed by atoms with Gasteiger partial charge in [-0.15, -0.1) is 0 Å². The molecule has 1 aromatic heterocycles. The van der Waals surface area contributed by atoms with Crippen LogP contribution in [0.3, 0.4) is 0 Å². The highest BCUT2D eigenvalue weighted by Crippen LogP contribution is 2.29. The van der Waals surface area contributed by atoms with E-state index in [-0.39, 0.29) is 12.0 Å². The molecule has 1 atom stereocenters. The van der Waals surface area contributed by atoms with E-state index in [1.807, 2.05) is 48.1 Å². The molecule has 1 aliphatic rings. The van der Waals surface area contributed by atoms with Crippen molar-refractivity contribution in [2.75, 3.05) is 18.1 Å². The lowest BCUT2D eigenvalue weighted by molar-refractivity contribution is -0.143. The number of hydrogen-bond donors (Lipinski definition) is 0. The monoisotopic (exact) mass is 405 g/mol. The second-order valence-corrected chi connectivity index (χ2v) is 7.40. The molecule has 0 amide bonds. The summed E-state index contributed by atoms with van der Waals surface area (Å²) in [6.45, 7) is 3.75. The fraction of sp³-hybridized carbons (Fsp3) is 0.333. The third-order valence-corrected chi connectivity index (χ3v) is 5.36. The van der Waals surface area contributed by atoms with E-state index in [4.69, 9.17) is 9.47 Å². The van der Waals surface area contributed by atoms with Gasteiger partial charge in [-0.05, 0) is 67.8 Å². The minimum Gasteiger partial charge on any atom is -0.489 e. The Kier molecular flexibility index (Phi) is 6.32. The summed E-state index contributed by atoms with van der Waals surface area (Å²) in [7, 11) is 0. The lowest BCUT2D eigenvalue weighted by Crippen LogP contribution is -2.31. The van der Waals surface area contributed by atoms with E-state index in [1.54, 1.807) is 6.20 Å². The number of carbonyl (C=O) groups is 1. The first kappa shape index (κ1) is 20.0. The molecular weight excluding hydrogens is 378 g/mol. The maximum atomic E-state index is 11.9. The van der Waals surface area contributed by atoms with E-state index in [0.717, 1.165) is 42.1 Å². The van der Waals surface area contributed by atoms with Crippen LogP contribution in [0.2, 0.25) is 0 Å². The summed E-state index contributed by atoms with van der Waals surface area (Å²) in [6.07, 6.45) is 6.25. The molecule has 6 heteroatoms. The van der Waals surface area contributed by atoms with Crippen molar-refractivity contribution in [1.82, 2.24) is 9.78 Å². The van der Waals surface area contributed by atoms with Gasteiger partial charge in [-0.1, -0.05) is 12.1 Å². The van der Waals surface area contributed by atoms with E-state index < -0.39 is 0 Å². The molecule has 0 bridgehead atoms. The number of carbonyl (C=O) groups excluding carboxylic acids is 1. The van der Waals surface area contributed by atoms with Crippen LogP contribution in [0.25, 0.3) is 5.69 Å². The number of esters is 1. The molecule has 30 heavy (non-hydrogen) atoms. The first-order valence-corrected chi connectivity index (χ1v) is 10.5. The minimum atomic E-state index is -0.118. The lowest BCUT2D eigenvalue weighted by atomic mass is 10.1. The van der Waals surface area contributed by atoms with Crippen molar-refractivity contribution in [3.8, 4) is 11.4 Å². The molecule has 2 heterocycles. The molecule has 3 aromatic rings. The molecule has 156 valence electrons. The molecule has 6 nitrogen and oxygen atoms in total. The summed E-state index contributed by atoms with van der Waals surface area (Å²) in [5, 5.41) is 4.24. The highest BCUT2D eigenvalue weighted by Gasteiger charge is 2.27. The van der Waals surface area contributed by atoms with Crippen molar-refractivity contribution in [3.63, 3.8) is 0 Å². The van der Waals surface area contributed by atoms with E-state index >= 15 is 0 Å². The Balaban J connectivity index is 1.33. The number of hydrogen-bond acceptors (Lipinski definition) is 5. The first-order chi connectivity index (χ1) is 14.7. The molecule has 0 radical (unpaired) electrons. The van der Waals surface area contributed by atoms with Crippen LogP contribution in [-0.4, -0.2) is 34.9 Å². The number of rotatable bonds is 8. The largest absolute Gasteiger partial charge is 0.489 e. The molecule has 2 aromatic carbocycles. The molecule has 4 rings (SSSR count). The topological polar surface area (TPSA) is 56.6 Å². The van der Waals surface area contributed by atoms with Gasteiger partial charge in [0, 0.05) is 30.7 Å². The fourth-order valence-electron chi connectivity index (χ4n) is 3.87. The van der Waals surface area contributed by atoms with Crippen LogP contribution < -0.4 is 9.64 Å². The van der Waals surface area contributed by atoms with Gasteiger partial charge < -0.3 is 14.4 Å². The number of nitrogens with zero attached hydrogens (tertiary/aromatic N) is 3. The predicted octanol–water partition coefficient (Wildman–Crippen LogP) is 4.37. The molecule has 1 fully saturated rings. The second kappa shape index (κ2) is 9.48. The smallest absolute Gasteiger partial charge is 0.307 e. The van der Waals surface area contributed by atoms with E-state index in [0.29, 0.717) is 19.6 Å². The average Bonchev–Trinajstić information content (AvgIpc) is 3.46. The third-order valence-electron chi connectivity index (χ3n) is 5.36. The predicted molar refractivity (Wildman–Crippen MR) is 116 cm³/mol. The maximum Gasteiger partial charge on any atom is 0.307 e.